The van der Waals surface area contributed by atoms with E-state index in [4.69, 9.17) is 16.3 Å². The molecule has 1 saturated carbocycles. The maximum Gasteiger partial charge on any atom is 0.126 e. The first-order valence-corrected chi connectivity index (χ1v) is 8.22. The molecule has 1 heterocycles. The van der Waals surface area contributed by atoms with Crippen molar-refractivity contribution in [1.29, 1.82) is 0 Å². The van der Waals surface area contributed by atoms with Crippen molar-refractivity contribution in [3.63, 3.8) is 0 Å². The highest BCUT2D eigenvalue weighted by atomic mass is 35.5. The van der Waals surface area contributed by atoms with Crippen LogP contribution in [0.2, 0.25) is 5.02 Å². The highest BCUT2D eigenvalue weighted by Gasteiger charge is 2.21. The summed E-state index contributed by atoms with van der Waals surface area (Å²) in [6, 6.07) is 3.93. The Kier molecular flexibility index (Phi) is 4.52. The molecule has 1 aromatic rings. The zero-order chi connectivity index (χ0) is 13.9. The Hall–Kier alpha value is -0.730. The van der Waals surface area contributed by atoms with Crippen LogP contribution in [-0.2, 0) is 12.8 Å². The Morgan fingerprint density at radius 1 is 1.30 bits per heavy atom. The lowest BCUT2D eigenvalue weighted by Gasteiger charge is -2.16. The van der Waals surface area contributed by atoms with Gasteiger partial charge in [-0.3, -0.25) is 0 Å². The van der Waals surface area contributed by atoms with Gasteiger partial charge in [-0.25, -0.2) is 0 Å². The number of aliphatic hydroxyl groups excluding tert-OH is 1. The molecule has 1 aliphatic heterocycles. The third kappa shape index (κ3) is 3.29. The quantitative estimate of drug-likeness (QED) is 0.884. The molecule has 0 aromatic heterocycles. The van der Waals surface area contributed by atoms with Crippen LogP contribution >= 0.6 is 11.6 Å². The predicted molar refractivity (Wildman–Crippen MR) is 81.6 cm³/mol. The molecule has 0 radical (unpaired) electrons. The molecule has 3 rings (SSSR count). The minimum absolute atomic E-state index is 0.276. The van der Waals surface area contributed by atoms with E-state index in [1.807, 2.05) is 12.1 Å². The topological polar surface area (TPSA) is 29.5 Å². The van der Waals surface area contributed by atoms with E-state index < -0.39 is 0 Å². The summed E-state index contributed by atoms with van der Waals surface area (Å²) in [6.07, 6.45) is 8.81. The molecule has 2 aliphatic rings. The number of rotatable bonds is 5. The van der Waals surface area contributed by atoms with Crippen LogP contribution in [0.3, 0.4) is 0 Å². The molecule has 0 saturated heterocycles. The fourth-order valence-electron chi connectivity index (χ4n) is 3.58. The second-order valence-corrected chi connectivity index (χ2v) is 6.67. The van der Waals surface area contributed by atoms with Crippen molar-refractivity contribution in [2.75, 3.05) is 6.61 Å². The molecular formula is C17H23ClO2. The van der Waals surface area contributed by atoms with E-state index in [-0.39, 0.29) is 6.10 Å². The summed E-state index contributed by atoms with van der Waals surface area (Å²) in [5.74, 6) is 1.81. The van der Waals surface area contributed by atoms with Crippen molar-refractivity contribution in [1.82, 2.24) is 0 Å². The number of halogens is 1. The summed E-state index contributed by atoms with van der Waals surface area (Å²) in [6.45, 7) is 0.737. The molecule has 1 fully saturated rings. The second kappa shape index (κ2) is 6.36. The molecule has 2 nitrogen and oxygen atoms in total. The predicted octanol–water partition coefficient (Wildman–Crippen LogP) is 4.15. The summed E-state index contributed by atoms with van der Waals surface area (Å²) in [5, 5.41) is 11.0. The first-order valence-electron chi connectivity index (χ1n) is 7.84. The molecule has 3 heteroatoms. The Labute approximate surface area is 126 Å². The highest BCUT2D eigenvalue weighted by molar-refractivity contribution is 6.30. The van der Waals surface area contributed by atoms with Gasteiger partial charge in [0.1, 0.15) is 5.75 Å². The molecule has 0 spiro atoms. The maximum atomic E-state index is 10.3. The summed E-state index contributed by atoms with van der Waals surface area (Å²) >= 11 is 6.16. The molecule has 1 aliphatic carbocycles. The summed E-state index contributed by atoms with van der Waals surface area (Å²) in [5.41, 5.74) is 2.26. The number of fused-ring (bicyclic) bond motifs is 1. The van der Waals surface area contributed by atoms with Gasteiger partial charge in [0.25, 0.3) is 0 Å². The van der Waals surface area contributed by atoms with Crippen LogP contribution in [0.4, 0.5) is 0 Å². The number of benzene rings is 1. The average Bonchev–Trinajstić information content (AvgIpc) is 3.06. The van der Waals surface area contributed by atoms with Crippen molar-refractivity contribution >= 4 is 11.6 Å². The van der Waals surface area contributed by atoms with Gasteiger partial charge >= 0.3 is 0 Å². The lowest BCUT2D eigenvalue weighted by atomic mass is 9.95. The van der Waals surface area contributed by atoms with E-state index in [1.165, 1.54) is 31.2 Å². The third-order valence-electron chi connectivity index (χ3n) is 4.66. The van der Waals surface area contributed by atoms with Gasteiger partial charge in [-0.05, 0) is 42.0 Å². The zero-order valence-corrected chi connectivity index (χ0v) is 12.7. The van der Waals surface area contributed by atoms with Gasteiger partial charge in [0.15, 0.2) is 0 Å². The molecular weight excluding hydrogens is 272 g/mol. The van der Waals surface area contributed by atoms with E-state index in [0.717, 1.165) is 48.1 Å². The summed E-state index contributed by atoms with van der Waals surface area (Å²) in [4.78, 5) is 0. The minimum atomic E-state index is -0.276. The largest absolute Gasteiger partial charge is 0.493 e. The number of hydrogen-bond donors (Lipinski definition) is 1. The fraction of sp³-hybridized carbons (Fsp3) is 0.647. The van der Waals surface area contributed by atoms with E-state index in [9.17, 15) is 5.11 Å². The first-order chi connectivity index (χ1) is 9.72. The molecule has 0 amide bonds. The van der Waals surface area contributed by atoms with E-state index in [1.54, 1.807) is 0 Å². The summed E-state index contributed by atoms with van der Waals surface area (Å²) < 4.78 is 5.69. The van der Waals surface area contributed by atoms with Crippen LogP contribution in [-0.4, -0.2) is 17.8 Å². The molecule has 1 aromatic carbocycles. The number of ether oxygens (including phenoxy) is 1. The number of aliphatic hydroxyl groups is 1. The van der Waals surface area contributed by atoms with Crippen molar-refractivity contribution in [2.45, 2.75) is 57.5 Å². The minimum Gasteiger partial charge on any atom is -0.493 e. The van der Waals surface area contributed by atoms with Gasteiger partial charge in [-0.1, -0.05) is 37.3 Å². The van der Waals surface area contributed by atoms with Crippen LogP contribution in [0, 0.1) is 5.92 Å². The van der Waals surface area contributed by atoms with Gasteiger partial charge in [0.05, 0.1) is 12.7 Å². The fourth-order valence-corrected chi connectivity index (χ4v) is 3.84. The normalized spacial score (nSPS) is 19.9. The monoisotopic (exact) mass is 294 g/mol. The van der Waals surface area contributed by atoms with Gasteiger partial charge in [-0.2, -0.15) is 0 Å². The average molecular weight is 295 g/mol. The van der Waals surface area contributed by atoms with Crippen LogP contribution in [0.15, 0.2) is 12.1 Å². The Morgan fingerprint density at radius 2 is 2.10 bits per heavy atom. The molecule has 1 N–H and O–H groups in total. The van der Waals surface area contributed by atoms with Gasteiger partial charge in [-0.15, -0.1) is 0 Å². The molecule has 20 heavy (non-hydrogen) atoms. The number of hydrogen-bond acceptors (Lipinski definition) is 2. The Morgan fingerprint density at radius 3 is 2.90 bits per heavy atom. The Balaban J connectivity index is 1.59. The third-order valence-corrected chi connectivity index (χ3v) is 4.88. The lowest BCUT2D eigenvalue weighted by Crippen LogP contribution is -2.13. The van der Waals surface area contributed by atoms with Crippen LogP contribution in [0.25, 0.3) is 0 Å². The van der Waals surface area contributed by atoms with Gasteiger partial charge < -0.3 is 9.84 Å². The second-order valence-electron chi connectivity index (χ2n) is 6.24. The first kappa shape index (κ1) is 14.2. The van der Waals surface area contributed by atoms with Gasteiger partial charge in [0, 0.05) is 17.9 Å². The van der Waals surface area contributed by atoms with E-state index >= 15 is 0 Å². The molecule has 110 valence electrons. The smallest absolute Gasteiger partial charge is 0.126 e. The SMILES string of the molecule is OC(CCC1CCCC1)Cc1cc(Cl)cc2c1OCC2. The van der Waals surface area contributed by atoms with Crippen LogP contribution in [0.1, 0.15) is 49.7 Å². The Bertz CT molecular complexity index is 466. The van der Waals surface area contributed by atoms with Crippen LogP contribution < -0.4 is 4.74 Å². The molecule has 1 unspecified atom stereocenters. The zero-order valence-electron chi connectivity index (χ0n) is 11.9. The standard InChI is InChI=1S/C17H23ClO2/c18-15-9-13-7-8-20-17(13)14(10-15)11-16(19)6-5-12-3-1-2-4-12/h9-10,12,16,19H,1-8,11H2. The van der Waals surface area contributed by atoms with Crippen molar-refractivity contribution in [3.05, 3.63) is 28.3 Å². The highest BCUT2D eigenvalue weighted by Crippen LogP contribution is 2.34. The maximum absolute atomic E-state index is 10.3. The lowest BCUT2D eigenvalue weighted by molar-refractivity contribution is 0.154. The molecule has 0 bridgehead atoms. The van der Waals surface area contributed by atoms with Crippen molar-refractivity contribution in [2.24, 2.45) is 5.92 Å². The molecule has 1 atom stereocenters. The van der Waals surface area contributed by atoms with Crippen molar-refractivity contribution < 1.29 is 9.84 Å². The van der Waals surface area contributed by atoms with Crippen molar-refractivity contribution in [3.8, 4) is 5.75 Å². The van der Waals surface area contributed by atoms with Gasteiger partial charge in [0.2, 0.25) is 0 Å². The van der Waals surface area contributed by atoms with E-state index in [2.05, 4.69) is 0 Å². The summed E-state index contributed by atoms with van der Waals surface area (Å²) in [7, 11) is 0. The van der Waals surface area contributed by atoms with E-state index in [0.29, 0.717) is 6.42 Å². The van der Waals surface area contributed by atoms with Crippen LogP contribution in [0.5, 0.6) is 5.75 Å².